The Balaban J connectivity index is 1.85. The molecule has 0 aliphatic heterocycles. The van der Waals surface area contributed by atoms with Crippen molar-refractivity contribution in [1.82, 2.24) is 9.38 Å². The maximum Gasteiger partial charge on any atom is 0.357 e. The smallest absolute Gasteiger partial charge is 0.357 e. The summed E-state index contributed by atoms with van der Waals surface area (Å²) in [7, 11) is 0. The van der Waals surface area contributed by atoms with Crippen molar-refractivity contribution in [3.05, 3.63) is 70.9 Å². The number of hydrogen-bond donors (Lipinski definition) is 0. The highest BCUT2D eigenvalue weighted by molar-refractivity contribution is 5.90. The average molecular weight is 298 g/mol. The van der Waals surface area contributed by atoms with E-state index in [4.69, 9.17) is 4.74 Å². The fraction of sp³-hybridized carbons (Fsp3) is 0.176. The molecule has 22 heavy (non-hydrogen) atoms. The Hall–Kier alpha value is -2.69. The molecule has 0 unspecified atom stereocenters. The molecule has 2 heterocycles. The first-order chi connectivity index (χ1) is 10.5. The SMILES string of the molecule is Cc1ccn2c(C(=O)OCc3cccc(F)c3)c(C)nc2c1. The van der Waals surface area contributed by atoms with Crippen LogP contribution in [0, 0.1) is 19.7 Å². The summed E-state index contributed by atoms with van der Waals surface area (Å²) in [6.45, 7) is 3.75. The summed E-state index contributed by atoms with van der Waals surface area (Å²) < 4.78 is 20.1. The van der Waals surface area contributed by atoms with E-state index in [1.807, 2.05) is 19.1 Å². The van der Waals surface area contributed by atoms with Crippen molar-refractivity contribution in [2.45, 2.75) is 20.5 Å². The minimum absolute atomic E-state index is 0.0229. The average Bonchev–Trinajstić information content (AvgIpc) is 2.80. The van der Waals surface area contributed by atoms with E-state index in [2.05, 4.69) is 4.98 Å². The van der Waals surface area contributed by atoms with Gasteiger partial charge >= 0.3 is 5.97 Å². The van der Waals surface area contributed by atoms with Crippen LogP contribution in [0.1, 0.15) is 27.3 Å². The summed E-state index contributed by atoms with van der Waals surface area (Å²) in [6.07, 6.45) is 1.80. The van der Waals surface area contributed by atoms with Gasteiger partial charge in [-0.1, -0.05) is 12.1 Å². The molecule has 0 radical (unpaired) electrons. The number of aromatic nitrogens is 2. The Morgan fingerprint density at radius 3 is 2.86 bits per heavy atom. The van der Waals surface area contributed by atoms with Gasteiger partial charge < -0.3 is 4.74 Å². The number of pyridine rings is 1. The largest absolute Gasteiger partial charge is 0.456 e. The van der Waals surface area contributed by atoms with Crippen LogP contribution < -0.4 is 0 Å². The predicted octanol–water partition coefficient (Wildman–Crippen LogP) is 3.45. The molecular formula is C17H15FN2O2. The van der Waals surface area contributed by atoms with Gasteiger partial charge in [0.25, 0.3) is 0 Å². The molecule has 0 fully saturated rings. The number of halogens is 1. The molecule has 2 aromatic heterocycles. The molecule has 3 rings (SSSR count). The highest BCUT2D eigenvalue weighted by Gasteiger charge is 2.18. The number of rotatable bonds is 3. The second kappa shape index (κ2) is 5.60. The molecule has 0 saturated heterocycles. The van der Waals surface area contributed by atoms with E-state index in [1.54, 1.807) is 29.7 Å². The first-order valence-electron chi connectivity index (χ1n) is 6.91. The quantitative estimate of drug-likeness (QED) is 0.696. The highest BCUT2D eigenvalue weighted by Crippen LogP contribution is 2.15. The number of imidazole rings is 1. The zero-order valence-electron chi connectivity index (χ0n) is 12.3. The third-order valence-corrected chi connectivity index (χ3v) is 3.41. The van der Waals surface area contributed by atoms with Gasteiger partial charge in [0, 0.05) is 6.20 Å². The predicted molar refractivity (Wildman–Crippen MR) is 80.2 cm³/mol. The Labute approximate surface area is 127 Å². The molecular weight excluding hydrogens is 283 g/mol. The Bertz CT molecular complexity index is 855. The molecule has 112 valence electrons. The van der Waals surface area contributed by atoms with Crippen molar-refractivity contribution in [3.63, 3.8) is 0 Å². The molecule has 0 aliphatic carbocycles. The lowest BCUT2D eigenvalue weighted by molar-refractivity contribution is 0.0463. The summed E-state index contributed by atoms with van der Waals surface area (Å²) in [5, 5.41) is 0. The third kappa shape index (κ3) is 2.70. The van der Waals surface area contributed by atoms with E-state index in [1.165, 1.54) is 12.1 Å². The number of aryl methyl sites for hydroxylation is 2. The molecule has 0 aliphatic rings. The molecule has 5 heteroatoms. The lowest BCUT2D eigenvalue weighted by Crippen LogP contribution is -2.10. The lowest BCUT2D eigenvalue weighted by atomic mass is 10.2. The van der Waals surface area contributed by atoms with Crippen LogP contribution in [0.5, 0.6) is 0 Å². The lowest BCUT2D eigenvalue weighted by Gasteiger charge is -2.06. The highest BCUT2D eigenvalue weighted by atomic mass is 19.1. The van der Waals surface area contributed by atoms with Crippen LogP contribution in [-0.4, -0.2) is 15.4 Å². The van der Waals surface area contributed by atoms with Crippen molar-refractivity contribution in [3.8, 4) is 0 Å². The van der Waals surface area contributed by atoms with Crippen molar-refractivity contribution in [1.29, 1.82) is 0 Å². The van der Waals surface area contributed by atoms with Gasteiger partial charge in [0.1, 0.15) is 18.1 Å². The summed E-state index contributed by atoms with van der Waals surface area (Å²) in [6, 6.07) is 9.79. The van der Waals surface area contributed by atoms with Crippen molar-refractivity contribution in [2.75, 3.05) is 0 Å². The number of hydrogen-bond acceptors (Lipinski definition) is 3. The molecule has 0 N–H and O–H groups in total. The molecule has 0 amide bonds. The number of esters is 1. The molecule has 4 nitrogen and oxygen atoms in total. The second-order valence-electron chi connectivity index (χ2n) is 5.18. The van der Waals surface area contributed by atoms with E-state index in [-0.39, 0.29) is 12.4 Å². The number of carbonyl (C=O) groups excluding carboxylic acids is 1. The van der Waals surface area contributed by atoms with Gasteiger partial charge in [0.2, 0.25) is 0 Å². The molecule has 0 spiro atoms. The first kappa shape index (κ1) is 14.3. The third-order valence-electron chi connectivity index (χ3n) is 3.41. The Morgan fingerprint density at radius 1 is 1.27 bits per heavy atom. The monoisotopic (exact) mass is 298 g/mol. The Kier molecular flexibility index (Phi) is 3.63. The number of nitrogens with zero attached hydrogens (tertiary/aromatic N) is 2. The van der Waals surface area contributed by atoms with E-state index in [0.29, 0.717) is 22.6 Å². The van der Waals surface area contributed by atoms with Crippen molar-refractivity contribution in [2.24, 2.45) is 0 Å². The fourth-order valence-electron chi connectivity index (χ4n) is 2.35. The van der Waals surface area contributed by atoms with Crippen LogP contribution in [-0.2, 0) is 11.3 Å². The van der Waals surface area contributed by atoms with Gasteiger partial charge in [-0.05, 0) is 49.2 Å². The number of fused-ring (bicyclic) bond motifs is 1. The van der Waals surface area contributed by atoms with E-state index < -0.39 is 5.97 Å². The summed E-state index contributed by atoms with van der Waals surface area (Å²) in [5.74, 6) is -0.826. The van der Waals surface area contributed by atoms with Gasteiger partial charge in [0.15, 0.2) is 5.69 Å². The zero-order chi connectivity index (χ0) is 15.7. The topological polar surface area (TPSA) is 43.6 Å². The minimum atomic E-state index is -0.474. The number of ether oxygens (including phenoxy) is 1. The molecule has 1 aromatic carbocycles. The maximum atomic E-state index is 13.1. The minimum Gasteiger partial charge on any atom is -0.456 e. The van der Waals surface area contributed by atoms with Gasteiger partial charge in [-0.3, -0.25) is 4.40 Å². The van der Waals surface area contributed by atoms with Gasteiger partial charge in [-0.15, -0.1) is 0 Å². The van der Waals surface area contributed by atoms with Crippen LogP contribution in [0.3, 0.4) is 0 Å². The Morgan fingerprint density at radius 2 is 2.09 bits per heavy atom. The van der Waals surface area contributed by atoms with E-state index in [9.17, 15) is 9.18 Å². The van der Waals surface area contributed by atoms with E-state index in [0.717, 1.165) is 5.56 Å². The molecule has 0 bridgehead atoms. The standard InChI is InChI=1S/C17H15FN2O2/c1-11-6-7-20-15(8-11)19-12(2)16(20)17(21)22-10-13-4-3-5-14(18)9-13/h3-9H,10H2,1-2H3. The maximum absolute atomic E-state index is 13.1. The van der Waals surface area contributed by atoms with Crippen molar-refractivity contribution >= 4 is 11.6 Å². The summed E-state index contributed by atoms with van der Waals surface area (Å²) in [5.41, 5.74) is 3.38. The zero-order valence-corrected chi connectivity index (χ0v) is 12.3. The second-order valence-corrected chi connectivity index (χ2v) is 5.18. The van der Waals surface area contributed by atoms with Gasteiger partial charge in [-0.25, -0.2) is 14.2 Å². The van der Waals surface area contributed by atoms with Gasteiger partial charge in [-0.2, -0.15) is 0 Å². The first-order valence-corrected chi connectivity index (χ1v) is 6.91. The fourth-order valence-corrected chi connectivity index (χ4v) is 2.35. The summed E-state index contributed by atoms with van der Waals surface area (Å²) >= 11 is 0. The normalized spacial score (nSPS) is 10.9. The molecule has 0 atom stereocenters. The number of benzene rings is 1. The van der Waals surface area contributed by atoms with Gasteiger partial charge in [0.05, 0.1) is 5.69 Å². The summed E-state index contributed by atoms with van der Waals surface area (Å²) in [4.78, 5) is 16.7. The molecule has 0 saturated carbocycles. The van der Waals surface area contributed by atoms with Crippen LogP contribution in [0.15, 0.2) is 42.6 Å². The molecule has 3 aromatic rings. The van der Waals surface area contributed by atoms with Crippen LogP contribution in [0.2, 0.25) is 0 Å². The van der Waals surface area contributed by atoms with Crippen LogP contribution in [0.25, 0.3) is 5.65 Å². The van der Waals surface area contributed by atoms with Crippen LogP contribution >= 0.6 is 0 Å². The van der Waals surface area contributed by atoms with E-state index >= 15 is 0 Å². The number of carbonyl (C=O) groups is 1. The van der Waals surface area contributed by atoms with Crippen molar-refractivity contribution < 1.29 is 13.9 Å². The van der Waals surface area contributed by atoms with Crippen LogP contribution in [0.4, 0.5) is 4.39 Å².